The molecule has 0 aliphatic rings. The van der Waals surface area contributed by atoms with Crippen LogP contribution in [0.5, 0.6) is 0 Å². The van der Waals surface area contributed by atoms with Crippen LogP contribution in [0.25, 0.3) is 0 Å². The number of rotatable bonds is 3. The van der Waals surface area contributed by atoms with Crippen LogP contribution < -0.4 is 0 Å². The van der Waals surface area contributed by atoms with Crippen molar-refractivity contribution in [1.29, 1.82) is 0 Å². The first-order valence-electron chi connectivity index (χ1n) is 3.40. The Bertz CT molecular complexity index is 231. The summed E-state index contributed by atoms with van der Waals surface area (Å²) in [6.45, 7) is 2.09. The molecule has 0 bridgehead atoms. The van der Waals surface area contributed by atoms with Crippen LogP contribution in [0.2, 0.25) is 0 Å². The second-order valence-corrected chi connectivity index (χ2v) is 2.47. The van der Waals surface area contributed by atoms with Gasteiger partial charge in [-0.05, 0) is 6.07 Å². The lowest BCUT2D eigenvalue weighted by molar-refractivity contribution is -0.141. The molecule has 1 unspecified atom stereocenters. The normalized spacial score (nSPS) is 12.8. The van der Waals surface area contributed by atoms with Gasteiger partial charge < -0.3 is 5.11 Å². The van der Waals surface area contributed by atoms with Gasteiger partial charge in [-0.15, -0.1) is 0 Å². The summed E-state index contributed by atoms with van der Waals surface area (Å²) < 4.78 is 1.61. The lowest BCUT2D eigenvalue weighted by Gasteiger charge is -2.04. The largest absolute Gasteiger partial charge is 0.481 e. The number of carboxylic acid groups (broad SMARTS) is 1. The van der Waals surface area contributed by atoms with Crippen molar-refractivity contribution in [3.05, 3.63) is 18.5 Å². The van der Waals surface area contributed by atoms with Crippen LogP contribution in [0.3, 0.4) is 0 Å². The quantitative estimate of drug-likeness (QED) is 0.693. The molecule has 0 saturated carbocycles. The van der Waals surface area contributed by atoms with Crippen LogP contribution in [-0.2, 0) is 11.3 Å². The molecule has 1 aromatic heterocycles. The zero-order valence-electron chi connectivity index (χ0n) is 6.27. The van der Waals surface area contributed by atoms with Gasteiger partial charge in [0.25, 0.3) is 0 Å². The third kappa shape index (κ3) is 2.07. The molecule has 60 valence electrons. The minimum atomic E-state index is -0.791. The van der Waals surface area contributed by atoms with E-state index in [9.17, 15) is 4.79 Å². The molecule has 0 spiro atoms. The van der Waals surface area contributed by atoms with Gasteiger partial charge in [0.05, 0.1) is 12.5 Å². The first kappa shape index (κ1) is 7.78. The standard InChI is InChI=1S/C7H10N2O2/c1-6(7(10)11)5-9-4-2-3-8-9/h2-4,6H,5H2,1H3,(H,10,11). The number of carboxylic acids is 1. The highest BCUT2D eigenvalue weighted by atomic mass is 16.4. The highest BCUT2D eigenvalue weighted by Gasteiger charge is 2.10. The Morgan fingerprint density at radius 3 is 3.00 bits per heavy atom. The van der Waals surface area contributed by atoms with Gasteiger partial charge in [0.2, 0.25) is 0 Å². The summed E-state index contributed by atoms with van der Waals surface area (Å²) in [6, 6.07) is 1.77. The highest BCUT2D eigenvalue weighted by Crippen LogP contribution is 1.98. The number of hydrogen-bond acceptors (Lipinski definition) is 2. The fraction of sp³-hybridized carbons (Fsp3) is 0.429. The molecule has 1 heterocycles. The smallest absolute Gasteiger partial charge is 0.308 e. The molecular formula is C7H10N2O2. The fourth-order valence-electron chi connectivity index (χ4n) is 0.767. The van der Waals surface area contributed by atoms with Crippen LogP contribution in [0.4, 0.5) is 0 Å². The topological polar surface area (TPSA) is 55.1 Å². The van der Waals surface area contributed by atoms with Crippen molar-refractivity contribution in [1.82, 2.24) is 9.78 Å². The van der Waals surface area contributed by atoms with Crippen molar-refractivity contribution in [2.45, 2.75) is 13.5 Å². The second-order valence-electron chi connectivity index (χ2n) is 2.47. The molecule has 4 nitrogen and oxygen atoms in total. The van der Waals surface area contributed by atoms with E-state index >= 15 is 0 Å². The molecule has 0 saturated heterocycles. The number of hydrogen-bond donors (Lipinski definition) is 1. The molecule has 0 aliphatic carbocycles. The van der Waals surface area contributed by atoms with E-state index in [-0.39, 0.29) is 5.92 Å². The maximum atomic E-state index is 10.4. The van der Waals surface area contributed by atoms with Gasteiger partial charge in [-0.3, -0.25) is 9.48 Å². The second kappa shape index (κ2) is 3.18. The number of nitrogens with zero attached hydrogens (tertiary/aromatic N) is 2. The summed E-state index contributed by atoms with van der Waals surface area (Å²) in [5.74, 6) is -1.17. The van der Waals surface area contributed by atoms with E-state index in [0.29, 0.717) is 6.54 Å². The van der Waals surface area contributed by atoms with Crippen LogP contribution in [0.1, 0.15) is 6.92 Å². The predicted octanol–water partition coefficient (Wildman–Crippen LogP) is 0.604. The lowest BCUT2D eigenvalue weighted by atomic mass is 10.2. The van der Waals surface area contributed by atoms with Gasteiger partial charge in [0, 0.05) is 12.4 Å². The maximum absolute atomic E-state index is 10.4. The average Bonchev–Trinajstić information content (AvgIpc) is 2.39. The highest BCUT2D eigenvalue weighted by molar-refractivity contribution is 5.69. The van der Waals surface area contributed by atoms with Crippen LogP contribution in [-0.4, -0.2) is 20.9 Å². The number of aliphatic carboxylic acids is 1. The van der Waals surface area contributed by atoms with Gasteiger partial charge in [0.1, 0.15) is 0 Å². The van der Waals surface area contributed by atoms with Crippen molar-refractivity contribution in [3.8, 4) is 0 Å². The summed E-state index contributed by atoms with van der Waals surface area (Å²) in [4.78, 5) is 10.4. The van der Waals surface area contributed by atoms with E-state index in [0.717, 1.165) is 0 Å². The summed E-state index contributed by atoms with van der Waals surface area (Å²) in [5, 5.41) is 12.4. The Labute approximate surface area is 64.5 Å². The van der Waals surface area contributed by atoms with E-state index < -0.39 is 5.97 Å². The summed E-state index contributed by atoms with van der Waals surface area (Å²) in [6.07, 6.45) is 3.38. The first-order chi connectivity index (χ1) is 5.20. The van der Waals surface area contributed by atoms with E-state index in [2.05, 4.69) is 5.10 Å². The van der Waals surface area contributed by atoms with Gasteiger partial charge in [-0.2, -0.15) is 5.10 Å². The van der Waals surface area contributed by atoms with Gasteiger partial charge in [-0.25, -0.2) is 0 Å². The first-order valence-corrected chi connectivity index (χ1v) is 3.40. The van der Waals surface area contributed by atoms with Gasteiger partial charge in [0.15, 0.2) is 0 Å². The number of carbonyl (C=O) groups is 1. The molecule has 1 N–H and O–H groups in total. The molecule has 1 aromatic rings. The number of aromatic nitrogens is 2. The zero-order chi connectivity index (χ0) is 8.27. The molecule has 0 aromatic carbocycles. The Morgan fingerprint density at radius 2 is 2.55 bits per heavy atom. The average molecular weight is 154 g/mol. The summed E-state index contributed by atoms with van der Waals surface area (Å²) in [7, 11) is 0. The van der Waals surface area contributed by atoms with Crippen molar-refractivity contribution < 1.29 is 9.90 Å². The molecule has 0 radical (unpaired) electrons. The Kier molecular flexibility index (Phi) is 2.25. The minimum absolute atomic E-state index is 0.380. The van der Waals surface area contributed by atoms with E-state index in [1.54, 1.807) is 30.1 Å². The van der Waals surface area contributed by atoms with E-state index in [4.69, 9.17) is 5.11 Å². The molecule has 1 rings (SSSR count). The lowest BCUT2D eigenvalue weighted by Crippen LogP contribution is -2.16. The molecule has 0 amide bonds. The third-order valence-electron chi connectivity index (χ3n) is 1.44. The molecule has 1 atom stereocenters. The van der Waals surface area contributed by atoms with Crippen molar-refractivity contribution in [3.63, 3.8) is 0 Å². The van der Waals surface area contributed by atoms with Crippen LogP contribution in [0.15, 0.2) is 18.5 Å². The van der Waals surface area contributed by atoms with Crippen molar-refractivity contribution in [2.24, 2.45) is 5.92 Å². The fourth-order valence-corrected chi connectivity index (χ4v) is 0.767. The van der Waals surface area contributed by atoms with E-state index in [1.165, 1.54) is 0 Å². The van der Waals surface area contributed by atoms with Crippen molar-refractivity contribution in [2.75, 3.05) is 0 Å². The minimum Gasteiger partial charge on any atom is -0.481 e. The monoisotopic (exact) mass is 154 g/mol. The van der Waals surface area contributed by atoms with Crippen LogP contribution >= 0.6 is 0 Å². The molecule has 0 fully saturated rings. The Hall–Kier alpha value is -1.32. The van der Waals surface area contributed by atoms with Crippen LogP contribution in [0, 0.1) is 5.92 Å². The Balaban J connectivity index is 2.50. The summed E-state index contributed by atoms with van der Waals surface area (Å²) >= 11 is 0. The summed E-state index contributed by atoms with van der Waals surface area (Å²) in [5.41, 5.74) is 0. The zero-order valence-corrected chi connectivity index (χ0v) is 6.27. The predicted molar refractivity (Wildman–Crippen MR) is 39.0 cm³/mol. The molecule has 11 heavy (non-hydrogen) atoms. The molecule has 0 aliphatic heterocycles. The van der Waals surface area contributed by atoms with Gasteiger partial charge >= 0.3 is 5.97 Å². The van der Waals surface area contributed by atoms with E-state index in [1.807, 2.05) is 0 Å². The molecular weight excluding hydrogens is 144 g/mol. The molecule has 4 heteroatoms. The SMILES string of the molecule is CC(Cn1cccn1)C(=O)O. The Morgan fingerprint density at radius 1 is 1.82 bits per heavy atom. The van der Waals surface area contributed by atoms with Gasteiger partial charge in [-0.1, -0.05) is 6.92 Å². The van der Waals surface area contributed by atoms with Crippen molar-refractivity contribution >= 4 is 5.97 Å². The maximum Gasteiger partial charge on any atom is 0.308 e. The third-order valence-corrected chi connectivity index (χ3v) is 1.44.